The molecule has 0 unspecified atom stereocenters. The summed E-state index contributed by atoms with van der Waals surface area (Å²) in [5.74, 6) is -0.993. The lowest BCUT2D eigenvalue weighted by Crippen LogP contribution is -2.21. The Bertz CT molecular complexity index is 1550. The topological polar surface area (TPSA) is 119 Å². The summed E-state index contributed by atoms with van der Waals surface area (Å²) < 4.78 is 47.4. The third kappa shape index (κ3) is 3.70. The van der Waals surface area contributed by atoms with Gasteiger partial charge < -0.3 is 10.3 Å². The quantitative estimate of drug-likeness (QED) is 0.413. The van der Waals surface area contributed by atoms with E-state index in [2.05, 4.69) is 30.3 Å². The summed E-state index contributed by atoms with van der Waals surface area (Å²) in [6, 6.07) is 12.0. The van der Waals surface area contributed by atoms with Gasteiger partial charge in [0.05, 0.1) is 23.6 Å². The number of nitrogens with one attached hydrogen (secondary N) is 2. The molecule has 3 aromatic heterocycles. The van der Waals surface area contributed by atoms with E-state index in [9.17, 15) is 22.8 Å². The van der Waals surface area contributed by atoms with Crippen molar-refractivity contribution in [3.63, 3.8) is 0 Å². The van der Waals surface area contributed by atoms with Gasteiger partial charge in [-0.1, -0.05) is 23.4 Å². The second kappa shape index (κ2) is 7.99. The molecule has 5 aromatic rings. The maximum absolute atomic E-state index is 14.1. The van der Waals surface area contributed by atoms with Gasteiger partial charge in [0.2, 0.25) is 0 Å². The van der Waals surface area contributed by atoms with Gasteiger partial charge in [0.15, 0.2) is 5.69 Å². The molecule has 0 aliphatic carbocycles. The van der Waals surface area contributed by atoms with Gasteiger partial charge in [-0.05, 0) is 35.5 Å². The molecule has 170 valence electrons. The largest absolute Gasteiger partial charge is 0.434 e. The van der Waals surface area contributed by atoms with Crippen LogP contribution in [0, 0.1) is 0 Å². The zero-order valence-corrected chi connectivity index (χ0v) is 17.0. The Morgan fingerprint density at radius 3 is 2.53 bits per heavy atom. The van der Waals surface area contributed by atoms with E-state index in [1.54, 1.807) is 12.1 Å². The molecule has 12 heteroatoms. The SMILES string of the molecule is O=C(Nc1ccc(-c2cnon2)cc1)c1cnn(-c2cccc3c(=O)[nH]ccc23)c1C(F)(F)F. The number of aromatic nitrogens is 5. The lowest BCUT2D eigenvalue weighted by atomic mass is 10.1. The molecule has 9 nitrogen and oxygen atoms in total. The van der Waals surface area contributed by atoms with Crippen LogP contribution in [0.1, 0.15) is 16.1 Å². The number of rotatable bonds is 4. The Morgan fingerprint density at radius 1 is 1.03 bits per heavy atom. The number of carbonyl (C=O) groups is 1. The van der Waals surface area contributed by atoms with Crippen LogP contribution < -0.4 is 10.9 Å². The number of H-pyrrole nitrogens is 1. The molecule has 0 saturated heterocycles. The molecule has 3 heterocycles. The Hall–Kier alpha value is -4.74. The maximum Gasteiger partial charge on any atom is 0.434 e. The predicted octanol–water partition coefficient (Wildman–Crippen LogP) is 4.03. The van der Waals surface area contributed by atoms with Gasteiger partial charge in [0, 0.05) is 28.2 Å². The number of nitrogens with zero attached hydrogens (tertiary/aromatic N) is 4. The minimum Gasteiger partial charge on any atom is -0.329 e. The fraction of sp³-hybridized carbons (Fsp3) is 0.0455. The van der Waals surface area contributed by atoms with Crippen molar-refractivity contribution in [2.24, 2.45) is 0 Å². The van der Waals surface area contributed by atoms with Crippen molar-refractivity contribution in [3.05, 3.63) is 88.7 Å². The Kier molecular flexibility index (Phi) is 4.97. The Balaban J connectivity index is 1.53. The predicted molar refractivity (Wildman–Crippen MR) is 114 cm³/mol. The molecule has 0 radical (unpaired) electrons. The molecular weight excluding hydrogens is 453 g/mol. The van der Waals surface area contributed by atoms with Crippen LogP contribution in [0.5, 0.6) is 0 Å². The third-order valence-electron chi connectivity index (χ3n) is 5.10. The Labute approximate surface area is 187 Å². The van der Waals surface area contributed by atoms with Crippen LogP contribution in [-0.4, -0.2) is 31.0 Å². The molecular formula is C22H13F3N6O3. The minimum atomic E-state index is -4.91. The maximum atomic E-state index is 14.1. The number of aromatic amines is 1. The summed E-state index contributed by atoms with van der Waals surface area (Å²) in [6.45, 7) is 0. The number of benzene rings is 2. The van der Waals surface area contributed by atoms with Gasteiger partial charge in [-0.2, -0.15) is 18.3 Å². The number of hydrogen-bond donors (Lipinski definition) is 2. The number of fused-ring (bicyclic) bond motifs is 1. The molecule has 2 aromatic carbocycles. The molecule has 5 rings (SSSR count). The number of amides is 1. The molecule has 2 N–H and O–H groups in total. The van der Waals surface area contributed by atoms with E-state index < -0.39 is 28.9 Å². The minimum absolute atomic E-state index is 0.0144. The average molecular weight is 466 g/mol. The molecule has 0 atom stereocenters. The van der Waals surface area contributed by atoms with Gasteiger partial charge in [-0.25, -0.2) is 9.31 Å². The summed E-state index contributed by atoms with van der Waals surface area (Å²) in [5, 5.41) is 13.9. The molecule has 0 aliphatic rings. The van der Waals surface area contributed by atoms with Crippen LogP contribution in [-0.2, 0) is 6.18 Å². The molecule has 0 spiro atoms. The van der Waals surface area contributed by atoms with Gasteiger partial charge in [0.25, 0.3) is 11.5 Å². The Morgan fingerprint density at radius 2 is 1.82 bits per heavy atom. The molecule has 1 amide bonds. The highest BCUT2D eigenvalue weighted by Crippen LogP contribution is 2.35. The summed E-state index contributed by atoms with van der Waals surface area (Å²) >= 11 is 0. The highest BCUT2D eigenvalue weighted by Gasteiger charge is 2.41. The third-order valence-corrected chi connectivity index (χ3v) is 5.10. The van der Waals surface area contributed by atoms with Crippen LogP contribution >= 0.6 is 0 Å². The first-order chi connectivity index (χ1) is 16.3. The van der Waals surface area contributed by atoms with Gasteiger partial charge in [-0.3, -0.25) is 9.59 Å². The van der Waals surface area contributed by atoms with E-state index in [1.807, 2.05) is 0 Å². The van der Waals surface area contributed by atoms with Crippen molar-refractivity contribution in [1.29, 1.82) is 0 Å². The smallest absolute Gasteiger partial charge is 0.329 e. The summed E-state index contributed by atoms with van der Waals surface area (Å²) in [6.07, 6.45) is -1.33. The van der Waals surface area contributed by atoms with Crippen molar-refractivity contribution in [1.82, 2.24) is 25.1 Å². The highest BCUT2D eigenvalue weighted by molar-refractivity contribution is 6.05. The number of anilines is 1. The van der Waals surface area contributed by atoms with E-state index in [1.165, 1.54) is 48.8 Å². The fourth-order valence-electron chi connectivity index (χ4n) is 3.57. The van der Waals surface area contributed by atoms with Gasteiger partial charge >= 0.3 is 6.18 Å². The lowest BCUT2D eigenvalue weighted by Gasteiger charge is -2.14. The number of alkyl halides is 3. The first kappa shape index (κ1) is 21.1. The number of pyridine rings is 1. The van der Waals surface area contributed by atoms with Gasteiger partial charge in [-0.15, -0.1) is 0 Å². The monoisotopic (exact) mass is 466 g/mol. The van der Waals surface area contributed by atoms with E-state index in [0.717, 1.165) is 6.20 Å². The van der Waals surface area contributed by atoms with Crippen molar-refractivity contribution < 1.29 is 22.6 Å². The molecule has 0 fully saturated rings. The number of hydrogen-bond acceptors (Lipinski definition) is 6. The zero-order valence-electron chi connectivity index (χ0n) is 17.0. The van der Waals surface area contributed by atoms with Crippen molar-refractivity contribution >= 4 is 22.4 Å². The van der Waals surface area contributed by atoms with E-state index in [-0.39, 0.29) is 22.1 Å². The van der Waals surface area contributed by atoms with Crippen LogP contribution in [0.3, 0.4) is 0 Å². The van der Waals surface area contributed by atoms with Crippen LogP contribution in [0.25, 0.3) is 27.7 Å². The van der Waals surface area contributed by atoms with Crippen molar-refractivity contribution in [3.8, 4) is 16.9 Å². The van der Waals surface area contributed by atoms with Crippen LogP contribution in [0.2, 0.25) is 0 Å². The first-order valence-electron chi connectivity index (χ1n) is 9.78. The van der Waals surface area contributed by atoms with E-state index in [0.29, 0.717) is 15.9 Å². The molecule has 34 heavy (non-hydrogen) atoms. The molecule has 0 saturated carbocycles. The second-order valence-electron chi connectivity index (χ2n) is 7.19. The van der Waals surface area contributed by atoms with Crippen LogP contribution in [0.4, 0.5) is 18.9 Å². The van der Waals surface area contributed by atoms with Gasteiger partial charge in [0.1, 0.15) is 5.69 Å². The second-order valence-corrected chi connectivity index (χ2v) is 7.19. The first-order valence-corrected chi connectivity index (χ1v) is 9.78. The lowest BCUT2D eigenvalue weighted by molar-refractivity contribution is -0.143. The van der Waals surface area contributed by atoms with Crippen molar-refractivity contribution in [2.45, 2.75) is 6.18 Å². The van der Waals surface area contributed by atoms with E-state index >= 15 is 0 Å². The standard InChI is InChI=1S/C22H13F3N6O3/c23-22(24,25)19-16(21(33)29-13-6-4-12(5-7-13)17-11-28-34-30-17)10-27-31(19)18-3-1-2-15-14(18)8-9-26-20(15)32/h1-11H,(H,26,32)(H,29,33). The zero-order chi connectivity index (χ0) is 23.9. The summed E-state index contributed by atoms with van der Waals surface area (Å²) in [4.78, 5) is 27.4. The molecule has 0 bridgehead atoms. The molecule has 0 aliphatic heterocycles. The average Bonchev–Trinajstić information content (AvgIpc) is 3.50. The summed E-state index contributed by atoms with van der Waals surface area (Å²) in [7, 11) is 0. The summed E-state index contributed by atoms with van der Waals surface area (Å²) in [5.41, 5.74) is -0.991. The van der Waals surface area contributed by atoms with E-state index in [4.69, 9.17) is 0 Å². The van der Waals surface area contributed by atoms with Crippen molar-refractivity contribution in [2.75, 3.05) is 5.32 Å². The van der Waals surface area contributed by atoms with Crippen LogP contribution in [0.15, 0.2) is 76.5 Å². The normalized spacial score (nSPS) is 11.6. The number of halogens is 3. The number of carbonyl (C=O) groups excluding carboxylic acids is 1. The fourth-order valence-corrected chi connectivity index (χ4v) is 3.57. The highest BCUT2D eigenvalue weighted by atomic mass is 19.4.